The number of hydrogen-bond donors (Lipinski definition) is 5. The van der Waals surface area contributed by atoms with Crippen LogP contribution in [0.1, 0.15) is 12.8 Å². The summed E-state index contributed by atoms with van der Waals surface area (Å²) in [6.07, 6.45) is 1.77. The molecule has 5 N–H and O–H groups in total. The van der Waals surface area contributed by atoms with E-state index in [2.05, 4.69) is 26.6 Å². The minimum absolute atomic E-state index is 0.153. The molecule has 0 aromatic heterocycles. The fourth-order valence-corrected chi connectivity index (χ4v) is 1.13. The summed E-state index contributed by atoms with van der Waals surface area (Å²) in [7, 11) is 3.18. The molecule has 0 aliphatic heterocycles. The Bertz CT molecular complexity index is 201. The summed E-state index contributed by atoms with van der Waals surface area (Å²) in [5.74, 6) is 0. The Hall–Kier alpha value is -1.50. The standard InChI is InChI=1S/C10H23N5O2/c1-11-9(16)14-7-3-5-13-6-4-8-15-10(17)12-2/h13H,3-8H2,1-2H3,(H2,11,14,16)(H2,12,15,17). The molecule has 0 saturated carbocycles. The van der Waals surface area contributed by atoms with E-state index >= 15 is 0 Å². The highest BCUT2D eigenvalue weighted by Crippen LogP contribution is 1.77. The van der Waals surface area contributed by atoms with Crippen LogP contribution in [0.25, 0.3) is 0 Å². The van der Waals surface area contributed by atoms with E-state index in [-0.39, 0.29) is 12.1 Å². The smallest absolute Gasteiger partial charge is 0.314 e. The first-order valence-electron chi connectivity index (χ1n) is 5.82. The molecule has 0 radical (unpaired) electrons. The third-order valence-corrected chi connectivity index (χ3v) is 2.09. The Balaban J connectivity index is 3.08. The van der Waals surface area contributed by atoms with Crippen LogP contribution in [-0.4, -0.2) is 52.3 Å². The summed E-state index contributed by atoms with van der Waals surface area (Å²) < 4.78 is 0. The molecule has 0 aromatic carbocycles. The van der Waals surface area contributed by atoms with Gasteiger partial charge >= 0.3 is 12.1 Å². The van der Waals surface area contributed by atoms with E-state index in [0.717, 1.165) is 25.9 Å². The van der Waals surface area contributed by atoms with Crippen molar-refractivity contribution < 1.29 is 9.59 Å². The van der Waals surface area contributed by atoms with Gasteiger partial charge in [-0.25, -0.2) is 9.59 Å². The van der Waals surface area contributed by atoms with Crippen molar-refractivity contribution in [2.45, 2.75) is 12.8 Å². The zero-order valence-electron chi connectivity index (χ0n) is 10.6. The highest BCUT2D eigenvalue weighted by atomic mass is 16.2. The molecule has 17 heavy (non-hydrogen) atoms. The third kappa shape index (κ3) is 10.8. The molecule has 0 rings (SSSR count). The van der Waals surface area contributed by atoms with Crippen LogP contribution in [0.5, 0.6) is 0 Å². The van der Waals surface area contributed by atoms with Crippen LogP contribution in [0.4, 0.5) is 9.59 Å². The van der Waals surface area contributed by atoms with Crippen molar-refractivity contribution in [2.24, 2.45) is 0 Å². The number of carbonyl (C=O) groups excluding carboxylic acids is 2. The molecular formula is C10H23N5O2. The molecule has 0 heterocycles. The van der Waals surface area contributed by atoms with Crippen molar-refractivity contribution in [3.63, 3.8) is 0 Å². The summed E-state index contributed by atoms with van der Waals surface area (Å²) in [5.41, 5.74) is 0. The topological polar surface area (TPSA) is 94.3 Å². The lowest BCUT2D eigenvalue weighted by molar-refractivity contribution is 0.242. The maximum atomic E-state index is 10.8. The van der Waals surface area contributed by atoms with Crippen molar-refractivity contribution >= 4 is 12.1 Å². The van der Waals surface area contributed by atoms with E-state index in [1.807, 2.05) is 0 Å². The minimum Gasteiger partial charge on any atom is -0.341 e. The van der Waals surface area contributed by atoms with E-state index in [9.17, 15) is 9.59 Å². The minimum atomic E-state index is -0.153. The molecule has 0 spiro atoms. The van der Waals surface area contributed by atoms with Crippen LogP contribution in [0.3, 0.4) is 0 Å². The number of nitrogens with one attached hydrogen (secondary N) is 5. The normalized spacial score (nSPS) is 9.53. The molecule has 0 atom stereocenters. The van der Waals surface area contributed by atoms with E-state index in [1.54, 1.807) is 14.1 Å². The summed E-state index contributed by atoms with van der Waals surface area (Å²) in [6, 6.07) is -0.306. The molecule has 0 unspecified atom stereocenters. The molecule has 7 heteroatoms. The van der Waals surface area contributed by atoms with E-state index in [4.69, 9.17) is 0 Å². The quantitative estimate of drug-likeness (QED) is 0.363. The Morgan fingerprint density at radius 3 is 1.53 bits per heavy atom. The molecule has 0 aliphatic carbocycles. The predicted molar refractivity (Wildman–Crippen MR) is 67.0 cm³/mol. The van der Waals surface area contributed by atoms with Crippen molar-refractivity contribution in [1.82, 2.24) is 26.6 Å². The summed E-state index contributed by atoms with van der Waals surface area (Å²) in [4.78, 5) is 21.6. The highest BCUT2D eigenvalue weighted by Gasteiger charge is 1.95. The van der Waals surface area contributed by atoms with Crippen LogP contribution in [0, 0.1) is 0 Å². The average molecular weight is 245 g/mol. The lowest BCUT2D eigenvalue weighted by Crippen LogP contribution is -2.35. The molecule has 0 aromatic rings. The van der Waals surface area contributed by atoms with E-state index in [1.165, 1.54) is 0 Å². The zero-order valence-corrected chi connectivity index (χ0v) is 10.6. The van der Waals surface area contributed by atoms with Gasteiger partial charge in [-0.05, 0) is 25.9 Å². The average Bonchev–Trinajstić information content (AvgIpc) is 2.35. The monoisotopic (exact) mass is 245 g/mol. The van der Waals surface area contributed by atoms with Crippen LogP contribution in [0.2, 0.25) is 0 Å². The Labute approximate surface area is 102 Å². The van der Waals surface area contributed by atoms with Crippen LogP contribution < -0.4 is 26.6 Å². The van der Waals surface area contributed by atoms with Gasteiger partial charge in [0.1, 0.15) is 0 Å². The molecule has 0 bridgehead atoms. The van der Waals surface area contributed by atoms with E-state index in [0.29, 0.717) is 13.1 Å². The predicted octanol–water partition coefficient (Wildman–Crippen LogP) is -0.786. The van der Waals surface area contributed by atoms with Gasteiger partial charge in [-0.3, -0.25) is 0 Å². The highest BCUT2D eigenvalue weighted by molar-refractivity contribution is 5.73. The molecule has 0 saturated heterocycles. The van der Waals surface area contributed by atoms with E-state index < -0.39 is 0 Å². The Morgan fingerprint density at radius 1 is 0.765 bits per heavy atom. The van der Waals surface area contributed by atoms with Crippen molar-refractivity contribution in [2.75, 3.05) is 40.3 Å². The lowest BCUT2D eigenvalue weighted by atomic mass is 10.4. The van der Waals surface area contributed by atoms with Gasteiger partial charge in [0.2, 0.25) is 0 Å². The van der Waals surface area contributed by atoms with Crippen LogP contribution in [-0.2, 0) is 0 Å². The second-order valence-electron chi connectivity index (χ2n) is 3.47. The molecule has 4 amide bonds. The van der Waals surface area contributed by atoms with Gasteiger partial charge in [0.15, 0.2) is 0 Å². The first-order chi connectivity index (χ1) is 8.20. The molecular weight excluding hydrogens is 222 g/mol. The number of urea groups is 2. The van der Waals surface area contributed by atoms with Crippen molar-refractivity contribution in [3.05, 3.63) is 0 Å². The lowest BCUT2D eigenvalue weighted by Gasteiger charge is -2.07. The largest absolute Gasteiger partial charge is 0.341 e. The molecule has 100 valence electrons. The number of hydrogen-bond acceptors (Lipinski definition) is 3. The van der Waals surface area contributed by atoms with Gasteiger partial charge in [0.05, 0.1) is 0 Å². The number of carbonyl (C=O) groups is 2. The van der Waals surface area contributed by atoms with Gasteiger partial charge in [0.25, 0.3) is 0 Å². The van der Waals surface area contributed by atoms with Crippen molar-refractivity contribution in [1.29, 1.82) is 0 Å². The van der Waals surface area contributed by atoms with Crippen LogP contribution >= 0.6 is 0 Å². The van der Waals surface area contributed by atoms with Gasteiger partial charge in [0, 0.05) is 27.2 Å². The Kier molecular flexibility index (Phi) is 10.0. The number of rotatable bonds is 8. The van der Waals surface area contributed by atoms with Gasteiger partial charge in [-0.1, -0.05) is 0 Å². The number of amides is 4. The molecule has 0 fully saturated rings. The van der Waals surface area contributed by atoms with Gasteiger partial charge in [-0.15, -0.1) is 0 Å². The van der Waals surface area contributed by atoms with Crippen molar-refractivity contribution in [3.8, 4) is 0 Å². The second-order valence-corrected chi connectivity index (χ2v) is 3.47. The van der Waals surface area contributed by atoms with Gasteiger partial charge < -0.3 is 26.6 Å². The summed E-state index contributed by atoms with van der Waals surface area (Å²) >= 11 is 0. The maximum absolute atomic E-state index is 10.8. The SMILES string of the molecule is CNC(=O)NCCCNCCCNC(=O)NC. The zero-order chi connectivity index (χ0) is 12.9. The fourth-order valence-electron chi connectivity index (χ4n) is 1.13. The first-order valence-corrected chi connectivity index (χ1v) is 5.82. The third-order valence-electron chi connectivity index (χ3n) is 2.09. The summed E-state index contributed by atoms with van der Waals surface area (Å²) in [5, 5.41) is 13.6. The fraction of sp³-hybridized carbons (Fsp3) is 0.800. The Morgan fingerprint density at radius 2 is 1.18 bits per heavy atom. The van der Waals surface area contributed by atoms with Crippen LogP contribution in [0.15, 0.2) is 0 Å². The maximum Gasteiger partial charge on any atom is 0.314 e. The van der Waals surface area contributed by atoms with Gasteiger partial charge in [-0.2, -0.15) is 0 Å². The second kappa shape index (κ2) is 11.0. The first kappa shape index (κ1) is 15.5. The summed E-state index contributed by atoms with van der Waals surface area (Å²) in [6.45, 7) is 3.01. The molecule has 7 nitrogen and oxygen atoms in total. The molecule has 0 aliphatic rings.